The maximum atomic E-state index is 10.9. The number of benzene rings is 1. The molecule has 0 atom stereocenters. The van der Waals surface area contributed by atoms with Crippen molar-refractivity contribution < 1.29 is 4.92 Å². The SMILES string of the molecule is CCc1cnc(Sc2cc(C)nc(-c3cccc([N+](=O)[O-])c3)n2)[nH]1. The van der Waals surface area contributed by atoms with E-state index in [9.17, 15) is 10.1 Å². The topological polar surface area (TPSA) is 97.6 Å². The lowest BCUT2D eigenvalue weighted by Gasteiger charge is -2.05. The molecule has 0 radical (unpaired) electrons. The Morgan fingerprint density at radius 3 is 2.83 bits per heavy atom. The first-order valence-corrected chi connectivity index (χ1v) is 8.19. The van der Waals surface area contributed by atoms with Crippen molar-refractivity contribution in [2.75, 3.05) is 0 Å². The average molecular weight is 341 g/mol. The van der Waals surface area contributed by atoms with Gasteiger partial charge in [-0.05, 0) is 31.2 Å². The van der Waals surface area contributed by atoms with E-state index in [0.29, 0.717) is 11.4 Å². The van der Waals surface area contributed by atoms with Gasteiger partial charge in [-0.25, -0.2) is 15.0 Å². The quantitative estimate of drug-likeness (QED) is 0.431. The molecule has 1 aromatic carbocycles. The summed E-state index contributed by atoms with van der Waals surface area (Å²) in [5.41, 5.74) is 2.48. The van der Waals surface area contributed by atoms with Crippen molar-refractivity contribution in [1.82, 2.24) is 19.9 Å². The average Bonchev–Trinajstić information content (AvgIpc) is 3.02. The normalized spacial score (nSPS) is 10.8. The minimum atomic E-state index is -0.427. The molecule has 1 N–H and O–H groups in total. The Labute approximate surface area is 142 Å². The van der Waals surface area contributed by atoms with Crippen molar-refractivity contribution in [3.8, 4) is 11.4 Å². The molecule has 122 valence electrons. The van der Waals surface area contributed by atoms with Gasteiger partial charge in [0.05, 0.1) is 4.92 Å². The fraction of sp³-hybridized carbons (Fsp3) is 0.188. The van der Waals surface area contributed by atoms with Crippen LogP contribution in [-0.4, -0.2) is 24.9 Å². The predicted octanol–water partition coefficient (Wildman–Crippen LogP) is 3.80. The molecule has 0 fully saturated rings. The lowest BCUT2D eigenvalue weighted by molar-refractivity contribution is -0.384. The van der Waals surface area contributed by atoms with Crippen LogP contribution in [0.1, 0.15) is 18.3 Å². The molecule has 0 saturated heterocycles. The maximum absolute atomic E-state index is 10.9. The highest BCUT2D eigenvalue weighted by atomic mass is 32.2. The van der Waals surface area contributed by atoms with E-state index in [1.807, 2.05) is 13.0 Å². The molecular weight excluding hydrogens is 326 g/mol. The van der Waals surface area contributed by atoms with Crippen LogP contribution in [0.5, 0.6) is 0 Å². The van der Waals surface area contributed by atoms with Crippen molar-refractivity contribution >= 4 is 17.4 Å². The van der Waals surface area contributed by atoms with Gasteiger partial charge in [0, 0.05) is 35.3 Å². The molecule has 2 heterocycles. The molecule has 0 aliphatic rings. The molecule has 3 aromatic rings. The number of nitrogens with zero attached hydrogens (tertiary/aromatic N) is 4. The molecular formula is C16H15N5O2S. The summed E-state index contributed by atoms with van der Waals surface area (Å²) in [6.07, 6.45) is 2.69. The number of aromatic nitrogens is 4. The number of nitro groups is 1. The van der Waals surface area contributed by atoms with Gasteiger partial charge in [-0.1, -0.05) is 19.1 Å². The second-order valence-corrected chi connectivity index (χ2v) is 6.16. The van der Waals surface area contributed by atoms with Crippen LogP contribution in [0.15, 0.2) is 46.7 Å². The van der Waals surface area contributed by atoms with Crippen LogP contribution in [0.4, 0.5) is 5.69 Å². The van der Waals surface area contributed by atoms with Crippen molar-refractivity contribution in [3.05, 3.63) is 58.0 Å². The van der Waals surface area contributed by atoms with E-state index in [-0.39, 0.29) is 5.69 Å². The molecule has 0 bridgehead atoms. The van der Waals surface area contributed by atoms with Crippen LogP contribution in [0.25, 0.3) is 11.4 Å². The van der Waals surface area contributed by atoms with Crippen LogP contribution in [0.3, 0.4) is 0 Å². The summed E-state index contributed by atoms with van der Waals surface area (Å²) in [4.78, 5) is 26.9. The number of imidazole rings is 1. The number of non-ortho nitro benzene ring substituents is 1. The number of hydrogen-bond acceptors (Lipinski definition) is 6. The number of hydrogen-bond donors (Lipinski definition) is 1. The zero-order valence-electron chi connectivity index (χ0n) is 13.2. The Balaban J connectivity index is 1.94. The van der Waals surface area contributed by atoms with E-state index in [0.717, 1.165) is 28.0 Å². The van der Waals surface area contributed by atoms with Gasteiger partial charge in [0.15, 0.2) is 11.0 Å². The monoisotopic (exact) mass is 341 g/mol. The smallest absolute Gasteiger partial charge is 0.270 e. The van der Waals surface area contributed by atoms with Gasteiger partial charge < -0.3 is 4.98 Å². The minimum absolute atomic E-state index is 0.0189. The molecule has 0 amide bonds. The van der Waals surface area contributed by atoms with Crippen molar-refractivity contribution in [2.45, 2.75) is 30.5 Å². The summed E-state index contributed by atoms with van der Waals surface area (Å²) in [7, 11) is 0. The minimum Gasteiger partial charge on any atom is -0.337 e. The number of nitrogens with one attached hydrogen (secondary N) is 1. The Kier molecular flexibility index (Phi) is 4.57. The molecule has 0 unspecified atom stereocenters. The number of aromatic amines is 1. The number of H-pyrrole nitrogens is 1. The molecule has 7 nitrogen and oxygen atoms in total. The third-order valence-corrected chi connectivity index (χ3v) is 4.15. The fourth-order valence-electron chi connectivity index (χ4n) is 2.15. The van der Waals surface area contributed by atoms with E-state index in [1.165, 1.54) is 23.9 Å². The Morgan fingerprint density at radius 1 is 1.29 bits per heavy atom. The molecule has 0 saturated carbocycles. The molecule has 3 rings (SSSR count). The fourth-order valence-corrected chi connectivity index (χ4v) is 3.00. The third-order valence-electron chi connectivity index (χ3n) is 3.33. The van der Waals surface area contributed by atoms with Gasteiger partial charge in [0.1, 0.15) is 5.03 Å². The number of nitro benzene ring substituents is 1. The first-order valence-electron chi connectivity index (χ1n) is 7.37. The van der Waals surface area contributed by atoms with Crippen LogP contribution in [0.2, 0.25) is 0 Å². The summed E-state index contributed by atoms with van der Waals surface area (Å²) < 4.78 is 0. The maximum Gasteiger partial charge on any atom is 0.270 e. The largest absolute Gasteiger partial charge is 0.337 e. The van der Waals surface area contributed by atoms with Gasteiger partial charge in [0.2, 0.25) is 0 Å². The van der Waals surface area contributed by atoms with Crippen LogP contribution in [-0.2, 0) is 6.42 Å². The number of rotatable bonds is 5. The van der Waals surface area contributed by atoms with Crippen LogP contribution >= 0.6 is 11.8 Å². The molecule has 2 aromatic heterocycles. The second kappa shape index (κ2) is 6.79. The van der Waals surface area contributed by atoms with E-state index < -0.39 is 4.92 Å². The Morgan fingerprint density at radius 2 is 2.12 bits per heavy atom. The molecule has 0 aliphatic heterocycles. The van der Waals surface area contributed by atoms with Gasteiger partial charge in [-0.15, -0.1) is 0 Å². The van der Waals surface area contributed by atoms with Crippen LogP contribution in [0, 0.1) is 17.0 Å². The van der Waals surface area contributed by atoms with Crippen molar-refractivity contribution in [3.63, 3.8) is 0 Å². The highest BCUT2D eigenvalue weighted by molar-refractivity contribution is 7.99. The Hall–Kier alpha value is -2.74. The Bertz CT molecular complexity index is 894. The van der Waals surface area contributed by atoms with Gasteiger partial charge >= 0.3 is 0 Å². The zero-order valence-corrected chi connectivity index (χ0v) is 14.0. The summed E-state index contributed by atoms with van der Waals surface area (Å²) in [6, 6.07) is 8.18. The molecule has 24 heavy (non-hydrogen) atoms. The molecule has 0 spiro atoms. The highest BCUT2D eigenvalue weighted by Crippen LogP contribution is 2.27. The van der Waals surface area contributed by atoms with E-state index in [4.69, 9.17) is 0 Å². The van der Waals surface area contributed by atoms with E-state index >= 15 is 0 Å². The van der Waals surface area contributed by atoms with Crippen molar-refractivity contribution in [1.29, 1.82) is 0 Å². The zero-order chi connectivity index (χ0) is 17.1. The lowest BCUT2D eigenvalue weighted by atomic mass is 10.2. The summed E-state index contributed by atoms with van der Waals surface area (Å²) >= 11 is 1.41. The summed E-state index contributed by atoms with van der Waals surface area (Å²) in [5, 5.41) is 12.4. The van der Waals surface area contributed by atoms with Crippen LogP contribution < -0.4 is 0 Å². The molecule has 0 aliphatic carbocycles. The highest BCUT2D eigenvalue weighted by Gasteiger charge is 2.12. The lowest BCUT2D eigenvalue weighted by Crippen LogP contribution is -1.95. The standard InChI is InChI=1S/C16H15N5O2S/c1-3-12-9-17-16(19-12)24-14-7-10(2)18-15(20-14)11-5-4-6-13(8-11)21(22)23/h4-9H,3H2,1-2H3,(H,17,19). The summed E-state index contributed by atoms with van der Waals surface area (Å²) in [6.45, 7) is 3.92. The summed E-state index contributed by atoms with van der Waals surface area (Å²) in [5.74, 6) is 0.462. The van der Waals surface area contributed by atoms with Gasteiger partial charge in [0.25, 0.3) is 5.69 Å². The van der Waals surface area contributed by atoms with Gasteiger partial charge in [-0.3, -0.25) is 10.1 Å². The van der Waals surface area contributed by atoms with E-state index in [2.05, 4.69) is 26.9 Å². The van der Waals surface area contributed by atoms with Gasteiger partial charge in [-0.2, -0.15) is 0 Å². The first kappa shape index (κ1) is 16.1. The van der Waals surface area contributed by atoms with Crippen molar-refractivity contribution in [2.24, 2.45) is 0 Å². The molecule has 8 heteroatoms. The number of aryl methyl sites for hydroxylation is 2. The second-order valence-electron chi connectivity index (χ2n) is 5.15. The predicted molar refractivity (Wildman–Crippen MR) is 90.9 cm³/mol. The van der Waals surface area contributed by atoms with E-state index in [1.54, 1.807) is 18.3 Å². The first-order chi connectivity index (χ1) is 11.5. The third kappa shape index (κ3) is 3.60.